The molecule has 1 heterocycles. The number of aryl methyl sites for hydroxylation is 2. The number of carbonyl (C=O) groups is 2. The first-order valence-corrected chi connectivity index (χ1v) is 12.3. The molecule has 3 aromatic rings. The van der Waals surface area contributed by atoms with Crippen LogP contribution in [0.15, 0.2) is 71.6 Å². The molecule has 0 spiro atoms. The number of amides is 2. The van der Waals surface area contributed by atoms with Crippen molar-refractivity contribution >= 4 is 57.6 Å². The van der Waals surface area contributed by atoms with Crippen LogP contribution >= 0.6 is 24.0 Å². The van der Waals surface area contributed by atoms with Gasteiger partial charge in [0, 0.05) is 5.69 Å². The van der Waals surface area contributed by atoms with Crippen LogP contribution in [0.25, 0.3) is 6.08 Å². The minimum absolute atomic E-state index is 0.0487. The van der Waals surface area contributed by atoms with Gasteiger partial charge in [0.2, 0.25) is 0 Å². The fourth-order valence-corrected chi connectivity index (χ4v) is 4.95. The molecule has 1 aliphatic heterocycles. The molecule has 37 heavy (non-hydrogen) atoms. The molecular weight excluding hydrogens is 521 g/mol. The second kappa shape index (κ2) is 10.8. The van der Waals surface area contributed by atoms with Crippen molar-refractivity contribution in [2.45, 2.75) is 20.0 Å². The van der Waals surface area contributed by atoms with Crippen LogP contribution < -0.4 is 15.0 Å². The molecule has 0 unspecified atom stereocenters. The standard InChI is InChI=1S/C27H21F3N2O3S2/c1-16-9-10-22(17(2)11-16)31-24(33)15-35-21-8-3-5-18(12-21)13-23-25(34)32(26(36)37-23)20-7-4-6-19(14-20)27(28,29)30/h3-14H,15H2,1-2H3,(H,31,33)/b23-13-. The van der Waals surface area contributed by atoms with Crippen molar-refractivity contribution < 1.29 is 27.5 Å². The van der Waals surface area contributed by atoms with Gasteiger partial charge in [0.1, 0.15) is 5.75 Å². The third kappa shape index (κ3) is 6.39. The number of hydrogen-bond acceptors (Lipinski definition) is 5. The van der Waals surface area contributed by atoms with Crippen LogP contribution in [0.3, 0.4) is 0 Å². The number of halogens is 3. The number of nitrogens with zero attached hydrogens (tertiary/aromatic N) is 1. The molecular formula is C27H21F3N2O3S2. The SMILES string of the molecule is Cc1ccc(NC(=O)COc2cccc(/C=C3\SC(=S)N(c4cccc(C(F)(F)F)c4)C3=O)c2)c(C)c1. The van der Waals surface area contributed by atoms with E-state index in [9.17, 15) is 22.8 Å². The van der Waals surface area contributed by atoms with Crippen molar-refractivity contribution in [1.82, 2.24) is 0 Å². The normalized spacial score (nSPS) is 14.8. The highest BCUT2D eigenvalue weighted by Crippen LogP contribution is 2.38. The number of carbonyl (C=O) groups excluding carboxylic acids is 2. The van der Waals surface area contributed by atoms with Crippen molar-refractivity contribution in [3.05, 3.63) is 93.9 Å². The first-order chi connectivity index (χ1) is 17.5. The summed E-state index contributed by atoms with van der Waals surface area (Å²) in [6.07, 6.45) is -2.96. The Hall–Kier alpha value is -3.63. The Bertz CT molecular complexity index is 1420. The number of benzene rings is 3. The van der Waals surface area contributed by atoms with Crippen LogP contribution in [0.1, 0.15) is 22.3 Å². The zero-order chi connectivity index (χ0) is 26.7. The lowest BCUT2D eigenvalue weighted by Crippen LogP contribution is -2.27. The van der Waals surface area contributed by atoms with Crippen LogP contribution in [0.2, 0.25) is 0 Å². The van der Waals surface area contributed by atoms with Gasteiger partial charge in [-0.15, -0.1) is 0 Å². The zero-order valence-corrected chi connectivity index (χ0v) is 21.4. The molecule has 1 saturated heterocycles. The highest BCUT2D eigenvalue weighted by Gasteiger charge is 2.36. The molecule has 2 amide bonds. The van der Waals surface area contributed by atoms with E-state index in [-0.39, 0.29) is 27.4 Å². The summed E-state index contributed by atoms with van der Waals surface area (Å²) in [5.74, 6) is -0.425. The lowest BCUT2D eigenvalue weighted by atomic mass is 10.1. The van der Waals surface area contributed by atoms with E-state index in [0.717, 1.165) is 39.9 Å². The molecule has 0 atom stereocenters. The minimum atomic E-state index is -4.54. The van der Waals surface area contributed by atoms with Crippen molar-refractivity contribution in [2.24, 2.45) is 0 Å². The summed E-state index contributed by atoms with van der Waals surface area (Å²) in [7, 11) is 0. The molecule has 1 fully saturated rings. The van der Waals surface area contributed by atoms with Crippen LogP contribution in [-0.2, 0) is 15.8 Å². The molecule has 0 bridgehead atoms. The van der Waals surface area contributed by atoms with E-state index in [1.807, 2.05) is 32.0 Å². The lowest BCUT2D eigenvalue weighted by Gasteiger charge is -2.16. The molecule has 1 aliphatic rings. The minimum Gasteiger partial charge on any atom is -0.484 e. The first kappa shape index (κ1) is 26.4. The number of rotatable bonds is 6. The van der Waals surface area contributed by atoms with Crippen molar-refractivity contribution in [1.29, 1.82) is 0 Å². The monoisotopic (exact) mass is 542 g/mol. The van der Waals surface area contributed by atoms with E-state index in [1.165, 1.54) is 12.1 Å². The Morgan fingerprint density at radius 1 is 1.08 bits per heavy atom. The third-order valence-electron chi connectivity index (χ3n) is 5.41. The highest BCUT2D eigenvalue weighted by molar-refractivity contribution is 8.27. The Kier molecular flexibility index (Phi) is 7.70. The van der Waals surface area contributed by atoms with Gasteiger partial charge in [0.15, 0.2) is 10.9 Å². The van der Waals surface area contributed by atoms with Gasteiger partial charge in [-0.3, -0.25) is 14.5 Å². The summed E-state index contributed by atoms with van der Waals surface area (Å²) in [5, 5.41) is 2.81. The summed E-state index contributed by atoms with van der Waals surface area (Å²) in [5.41, 5.74) is 2.53. The number of hydrogen-bond donors (Lipinski definition) is 1. The van der Waals surface area contributed by atoms with E-state index < -0.39 is 17.6 Å². The number of ether oxygens (including phenoxy) is 1. The van der Waals surface area contributed by atoms with Gasteiger partial charge >= 0.3 is 6.18 Å². The summed E-state index contributed by atoms with van der Waals surface area (Å²) < 4.78 is 45.1. The second-order valence-corrected chi connectivity index (χ2v) is 9.97. The molecule has 0 aliphatic carbocycles. The number of anilines is 2. The molecule has 10 heteroatoms. The van der Waals surface area contributed by atoms with Gasteiger partial charge in [-0.2, -0.15) is 13.2 Å². The number of nitrogens with one attached hydrogen (secondary N) is 1. The summed E-state index contributed by atoms with van der Waals surface area (Å²) in [6, 6.07) is 16.9. The maximum atomic E-state index is 13.1. The van der Waals surface area contributed by atoms with Crippen LogP contribution in [0, 0.1) is 13.8 Å². The van der Waals surface area contributed by atoms with Crippen LogP contribution in [0.4, 0.5) is 24.5 Å². The summed E-state index contributed by atoms with van der Waals surface area (Å²) in [6.45, 7) is 3.66. The Morgan fingerprint density at radius 2 is 1.84 bits per heavy atom. The third-order valence-corrected chi connectivity index (χ3v) is 6.71. The van der Waals surface area contributed by atoms with Gasteiger partial charge in [-0.25, -0.2) is 0 Å². The quantitative estimate of drug-likeness (QED) is 0.276. The van der Waals surface area contributed by atoms with Crippen LogP contribution in [-0.4, -0.2) is 22.7 Å². The molecule has 0 saturated carbocycles. The largest absolute Gasteiger partial charge is 0.484 e. The van der Waals surface area contributed by atoms with Gasteiger partial charge in [0.25, 0.3) is 11.8 Å². The number of thiocarbonyl (C=S) groups is 1. The molecule has 0 aromatic heterocycles. The fourth-order valence-electron chi connectivity index (χ4n) is 3.65. The van der Waals surface area contributed by atoms with E-state index in [0.29, 0.717) is 17.0 Å². The number of thioether (sulfide) groups is 1. The highest BCUT2D eigenvalue weighted by atomic mass is 32.2. The second-order valence-electron chi connectivity index (χ2n) is 8.29. The average molecular weight is 543 g/mol. The molecule has 3 aromatic carbocycles. The van der Waals surface area contributed by atoms with Crippen LogP contribution in [0.5, 0.6) is 5.75 Å². The first-order valence-electron chi connectivity index (χ1n) is 11.1. The fraction of sp³-hybridized carbons (Fsp3) is 0.148. The Balaban J connectivity index is 1.44. The smallest absolute Gasteiger partial charge is 0.416 e. The van der Waals surface area contributed by atoms with Crippen molar-refractivity contribution in [2.75, 3.05) is 16.8 Å². The van der Waals surface area contributed by atoms with Gasteiger partial charge in [0.05, 0.1) is 16.2 Å². The van der Waals surface area contributed by atoms with Gasteiger partial charge in [-0.05, 0) is 67.4 Å². The number of alkyl halides is 3. The van der Waals surface area contributed by atoms with E-state index in [1.54, 1.807) is 30.3 Å². The predicted octanol–water partition coefficient (Wildman–Crippen LogP) is 6.75. The molecule has 4 rings (SSSR count). The van der Waals surface area contributed by atoms with Crippen molar-refractivity contribution in [3.63, 3.8) is 0 Å². The van der Waals surface area contributed by atoms with Gasteiger partial charge < -0.3 is 10.1 Å². The molecule has 0 radical (unpaired) electrons. The van der Waals surface area contributed by atoms with Crippen molar-refractivity contribution in [3.8, 4) is 5.75 Å². The van der Waals surface area contributed by atoms with Gasteiger partial charge in [-0.1, -0.05) is 59.9 Å². The molecule has 190 valence electrons. The van der Waals surface area contributed by atoms with E-state index in [4.69, 9.17) is 17.0 Å². The lowest BCUT2D eigenvalue weighted by molar-refractivity contribution is -0.137. The summed E-state index contributed by atoms with van der Waals surface area (Å²) in [4.78, 5) is 26.7. The maximum absolute atomic E-state index is 13.1. The Morgan fingerprint density at radius 3 is 2.57 bits per heavy atom. The van der Waals surface area contributed by atoms with E-state index in [2.05, 4.69) is 5.32 Å². The summed E-state index contributed by atoms with van der Waals surface area (Å²) >= 11 is 6.27. The maximum Gasteiger partial charge on any atom is 0.416 e. The topological polar surface area (TPSA) is 58.6 Å². The molecule has 1 N–H and O–H groups in total. The predicted molar refractivity (Wildman–Crippen MR) is 144 cm³/mol. The zero-order valence-electron chi connectivity index (χ0n) is 19.8. The van der Waals surface area contributed by atoms with E-state index >= 15 is 0 Å². The molecule has 5 nitrogen and oxygen atoms in total. The average Bonchev–Trinajstić information content (AvgIpc) is 3.12. The Labute approximate surface area is 221 Å².